The first-order chi connectivity index (χ1) is 5.11. The van der Waals surface area contributed by atoms with Crippen LogP contribution in [-0.2, 0) is 0 Å². The third kappa shape index (κ3) is 2.15. The highest BCUT2D eigenvalue weighted by Gasteiger charge is 2.24. The largest absolute Gasteiger partial charge is 0.379 e. The van der Waals surface area contributed by atoms with E-state index in [-0.39, 0.29) is 6.23 Å². The van der Waals surface area contributed by atoms with Gasteiger partial charge in [-0.2, -0.15) is 0 Å². The first-order valence-electron chi connectivity index (χ1n) is 4.28. The van der Waals surface area contributed by atoms with E-state index in [0.717, 1.165) is 13.1 Å². The molecule has 3 nitrogen and oxygen atoms in total. The highest BCUT2D eigenvalue weighted by molar-refractivity contribution is 4.81. The molecule has 0 aromatic rings. The van der Waals surface area contributed by atoms with Crippen molar-refractivity contribution in [3.8, 4) is 0 Å². The third-order valence-corrected chi connectivity index (χ3v) is 2.29. The van der Waals surface area contributed by atoms with E-state index in [1.54, 1.807) is 0 Å². The minimum Gasteiger partial charge on any atom is -0.379 e. The molecule has 1 aliphatic rings. The standard InChI is InChI=1S/C8H18N2O/c1-6-5-10(8(3)11)7(2)4-9-6/h6-9,11H,4-5H2,1-3H3. The fourth-order valence-corrected chi connectivity index (χ4v) is 1.57. The third-order valence-electron chi connectivity index (χ3n) is 2.29. The maximum Gasteiger partial charge on any atom is 0.104 e. The summed E-state index contributed by atoms with van der Waals surface area (Å²) in [4.78, 5) is 2.11. The molecule has 1 fully saturated rings. The molecular formula is C8H18N2O. The van der Waals surface area contributed by atoms with Gasteiger partial charge < -0.3 is 10.4 Å². The Morgan fingerprint density at radius 3 is 2.64 bits per heavy atom. The van der Waals surface area contributed by atoms with Crippen LogP contribution >= 0.6 is 0 Å². The molecule has 0 bridgehead atoms. The molecule has 0 radical (unpaired) electrons. The van der Waals surface area contributed by atoms with Gasteiger partial charge in [0.1, 0.15) is 6.23 Å². The van der Waals surface area contributed by atoms with E-state index in [0.29, 0.717) is 12.1 Å². The zero-order valence-electron chi connectivity index (χ0n) is 7.54. The monoisotopic (exact) mass is 158 g/mol. The Kier molecular flexibility index (Phi) is 2.87. The summed E-state index contributed by atoms with van der Waals surface area (Å²) in [7, 11) is 0. The molecule has 1 aliphatic heterocycles. The number of rotatable bonds is 1. The molecule has 0 aliphatic carbocycles. The fraction of sp³-hybridized carbons (Fsp3) is 1.00. The average molecular weight is 158 g/mol. The van der Waals surface area contributed by atoms with Crippen LogP contribution < -0.4 is 5.32 Å². The maximum atomic E-state index is 9.36. The van der Waals surface area contributed by atoms with Gasteiger partial charge in [0.25, 0.3) is 0 Å². The summed E-state index contributed by atoms with van der Waals surface area (Å²) >= 11 is 0. The van der Waals surface area contributed by atoms with Crippen molar-refractivity contribution >= 4 is 0 Å². The number of aliphatic hydroxyl groups is 1. The van der Waals surface area contributed by atoms with Crippen LogP contribution in [-0.4, -0.2) is 41.4 Å². The molecule has 3 atom stereocenters. The van der Waals surface area contributed by atoms with E-state index in [2.05, 4.69) is 24.1 Å². The van der Waals surface area contributed by atoms with Crippen LogP contribution in [0.5, 0.6) is 0 Å². The van der Waals surface area contributed by atoms with Crippen molar-refractivity contribution in [1.29, 1.82) is 0 Å². The lowest BCUT2D eigenvalue weighted by atomic mass is 10.1. The van der Waals surface area contributed by atoms with E-state index >= 15 is 0 Å². The van der Waals surface area contributed by atoms with Crippen molar-refractivity contribution in [2.75, 3.05) is 13.1 Å². The van der Waals surface area contributed by atoms with Crippen LogP contribution in [0.2, 0.25) is 0 Å². The van der Waals surface area contributed by atoms with E-state index in [9.17, 15) is 5.11 Å². The Morgan fingerprint density at radius 1 is 1.55 bits per heavy atom. The van der Waals surface area contributed by atoms with Gasteiger partial charge in [0.15, 0.2) is 0 Å². The molecule has 3 unspecified atom stereocenters. The minimum atomic E-state index is -0.311. The van der Waals surface area contributed by atoms with Crippen LogP contribution in [0.15, 0.2) is 0 Å². The second-order valence-corrected chi connectivity index (χ2v) is 3.49. The molecule has 0 aromatic carbocycles. The molecule has 2 N–H and O–H groups in total. The van der Waals surface area contributed by atoms with Gasteiger partial charge in [-0.05, 0) is 20.8 Å². The summed E-state index contributed by atoms with van der Waals surface area (Å²) in [6.07, 6.45) is -0.311. The van der Waals surface area contributed by atoms with Crippen molar-refractivity contribution in [1.82, 2.24) is 10.2 Å². The van der Waals surface area contributed by atoms with Gasteiger partial charge >= 0.3 is 0 Å². The maximum absolute atomic E-state index is 9.36. The highest BCUT2D eigenvalue weighted by Crippen LogP contribution is 2.08. The van der Waals surface area contributed by atoms with Crippen molar-refractivity contribution in [3.05, 3.63) is 0 Å². The van der Waals surface area contributed by atoms with E-state index in [1.165, 1.54) is 0 Å². The second kappa shape index (κ2) is 3.52. The van der Waals surface area contributed by atoms with Crippen molar-refractivity contribution in [3.63, 3.8) is 0 Å². The number of hydrogen-bond acceptors (Lipinski definition) is 3. The Bertz CT molecular complexity index is 127. The van der Waals surface area contributed by atoms with Gasteiger partial charge in [0.05, 0.1) is 0 Å². The molecule has 66 valence electrons. The number of piperazine rings is 1. The van der Waals surface area contributed by atoms with Gasteiger partial charge in [0, 0.05) is 25.2 Å². The number of nitrogens with zero attached hydrogens (tertiary/aromatic N) is 1. The van der Waals surface area contributed by atoms with Crippen LogP contribution in [0.3, 0.4) is 0 Å². The van der Waals surface area contributed by atoms with Crippen LogP contribution in [0, 0.1) is 0 Å². The molecule has 11 heavy (non-hydrogen) atoms. The van der Waals surface area contributed by atoms with E-state index in [4.69, 9.17) is 0 Å². The molecule has 1 rings (SSSR count). The number of aliphatic hydroxyl groups excluding tert-OH is 1. The quantitative estimate of drug-likeness (QED) is 0.564. The normalized spacial score (nSPS) is 37.1. The summed E-state index contributed by atoms with van der Waals surface area (Å²) < 4.78 is 0. The highest BCUT2D eigenvalue weighted by atomic mass is 16.3. The van der Waals surface area contributed by atoms with Crippen molar-refractivity contribution in [2.24, 2.45) is 0 Å². The fourth-order valence-electron chi connectivity index (χ4n) is 1.57. The van der Waals surface area contributed by atoms with Crippen LogP contribution in [0.25, 0.3) is 0 Å². The molecule has 1 saturated heterocycles. The van der Waals surface area contributed by atoms with Gasteiger partial charge in [-0.3, -0.25) is 4.90 Å². The van der Waals surface area contributed by atoms with Gasteiger partial charge in [-0.1, -0.05) is 0 Å². The molecule has 1 heterocycles. The van der Waals surface area contributed by atoms with Crippen LogP contribution in [0.4, 0.5) is 0 Å². The lowest BCUT2D eigenvalue weighted by Crippen LogP contribution is -2.56. The first-order valence-corrected chi connectivity index (χ1v) is 4.28. The number of hydrogen-bond donors (Lipinski definition) is 2. The SMILES string of the molecule is CC1CN(C(C)O)C(C)CN1. The van der Waals surface area contributed by atoms with Gasteiger partial charge in [-0.25, -0.2) is 0 Å². The average Bonchev–Trinajstić information content (AvgIpc) is 1.94. The predicted octanol–water partition coefficient (Wildman–Crippen LogP) is 0.00690. The summed E-state index contributed by atoms with van der Waals surface area (Å²) in [5.41, 5.74) is 0. The molecular weight excluding hydrogens is 140 g/mol. The predicted molar refractivity (Wildman–Crippen MR) is 45.3 cm³/mol. The Hall–Kier alpha value is -0.120. The molecule has 0 amide bonds. The Morgan fingerprint density at radius 2 is 2.18 bits per heavy atom. The zero-order chi connectivity index (χ0) is 8.43. The summed E-state index contributed by atoms with van der Waals surface area (Å²) in [6, 6.07) is 0.951. The van der Waals surface area contributed by atoms with Crippen molar-refractivity contribution in [2.45, 2.75) is 39.1 Å². The summed E-state index contributed by atoms with van der Waals surface area (Å²) in [5.74, 6) is 0. The molecule has 3 heteroatoms. The van der Waals surface area contributed by atoms with Crippen LogP contribution in [0.1, 0.15) is 20.8 Å². The number of nitrogens with one attached hydrogen (secondary N) is 1. The Balaban J connectivity index is 2.47. The smallest absolute Gasteiger partial charge is 0.104 e. The first kappa shape index (κ1) is 8.97. The van der Waals surface area contributed by atoms with E-state index < -0.39 is 0 Å². The summed E-state index contributed by atoms with van der Waals surface area (Å²) in [5, 5.41) is 12.7. The Labute approximate surface area is 68.4 Å². The minimum absolute atomic E-state index is 0.311. The molecule has 0 saturated carbocycles. The summed E-state index contributed by atoms with van der Waals surface area (Å²) in [6.45, 7) is 8.02. The van der Waals surface area contributed by atoms with Gasteiger partial charge in [0.2, 0.25) is 0 Å². The topological polar surface area (TPSA) is 35.5 Å². The molecule has 0 aromatic heterocycles. The second-order valence-electron chi connectivity index (χ2n) is 3.49. The van der Waals surface area contributed by atoms with Gasteiger partial charge in [-0.15, -0.1) is 0 Å². The lowest BCUT2D eigenvalue weighted by Gasteiger charge is -2.39. The van der Waals surface area contributed by atoms with Crippen molar-refractivity contribution < 1.29 is 5.11 Å². The molecule has 0 spiro atoms. The zero-order valence-corrected chi connectivity index (χ0v) is 7.54. The van der Waals surface area contributed by atoms with E-state index in [1.807, 2.05) is 6.92 Å². The lowest BCUT2D eigenvalue weighted by molar-refractivity contribution is -0.0260.